The lowest BCUT2D eigenvalue weighted by Crippen LogP contribution is -2.28. The molecule has 1 rings (SSSR count). The Hall–Kier alpha value is -0.940. The van der Waals surface area contributed by atoms with Crippen LogP contribution in [0.25, 0.3) is 0 Å². The van der Waals surface area contributed by atoms with Crippen LogP contribution in [-0.4, -0.2) is 56.1 Å². The fourth-order valence-corrected chi connectivity index (χ4v) is 5.91. The number of esters is 1. The summed E-state index contributed by atoms with van der Waals surface area (Å²) in [6.45, 7) is 9.64. The van der Waals surface area contributed by atoms with E-state index in [-0.39, 0.29) is 5.97 Å². The van der Waals surface area contributed by atoms with Crippen molar-refractivity contribution in [1.82, 2.24) is 4.90 Å². The van der Waals surface area contributed by atoms with E-state index in [9.17, 15) is 9.59 Å². The van der Waals surface area contributed by atoms with Crippen LogP contribution in [0.15, 0.2) is 0 Å². The third-order valence-electron chi connectivity index (χ3n) is 8.77. The molecule has 0 bridgehead atoms. The SMILES string of the molecule is CCCCCCC(CCCCCC)CCCOC(=O)CCCCCCCN(CCCCCCCC=O)CCC1CO1. The first kappa shape index (κ1) is 38.1. The summed E-state index contributed by atoms with van der Waals surface area (Å²) < 4.78 is 11.0. The van der Waals surface area contributed by atoms with Crippen molar-refractivity contribution in [3.05, 3.63) is 0 Å². The minimum absolute atomic E-state index is 0.00655. The van der Waals surface area contributed by atoms with E-state index in [2.05, 4.69) is 18.7 Å². The average molecular weight is 580 g/mol. The lowest BCUT2D eigenvalue weighted by molar-refractivity contribution is -0.144. The van der Waals surface area contributed by atoms with E-state index in [0.717, 1.165) is 51.0 Å². The van der Waals surface area contributed by atoms with Gasteiger partial charge in [0.05, 0.1) is 19.3 Å². The molecule has 0 N–H and O–H groups in total. The minimum atomic E-state index is 0.00655. The highest BCUT2D eigenvalue weighted by molar-refractivity contribution is 5.69. The Morgan fingerprint density at radius 2 is 1.27 bits per heavy atom. The molecule has 1 saturated heterocycles. The smallest absolute Gasteiger partial charge is 0.305 e. The normalized spacial score (nSPS) is 14.7. The van der Waals surface area contributed by atoms with Crippen LogP contribution in [0.3, 0.4) is 0 Å². The number of rotatable bonds is 33. The van der Waals surface area contributed by atoms with E-state index in [0.29, 0.717) is 25.6 Å². The van der Waals surface area contributed by atoms with Crippen LogP contribution in [0.1, 0.15) is 174 Å². The maximum atomic E-state index is 12.2. The molecule has 1 unspecified atom stereocenters. The zero-order valence-electron chi connectivity index (χ0n) is 27.5. The third-order valence-corrected chi connectivity index (χ3v) is 8.77. The van der Waals surface area contributed by atoms with Crippen LogP contribution >= 0.6 is 0 Å². The summed E-state index contributed by atoms with van der Waals surface area (Å²) in [6.07, 6.45) is 31.6. The van der Waals surface area contributed by atoms with Crippen molar-refractivity contribution < 1.29 is 19.1 Å². The lowest BCUT2D eigenvalue weighted by atomic mass is 9.91. The Labute approximate surface area is 255 Å². The maximum absolute atomic E-state index is 12.2. The number of hydrogen-bond donors (Lipinski definition) is 0. The van der Waals surface area contributed by atoms with Crippen molar-refractivity contribution in [2.45, 2.75) is 180 Å². The van der Waals surface area contributed by atoms with Crippen molar-refractivity contribution in [1.29, 1.82) is 0 Å². The quantitative estimate of drug-likeness (QED) is 0.0335. The van der Waals surface area contributed by atoms with Crippen molar-refractivity contribution in [3.8, 4) is 0 Å². The van der Waals surface area contributed by atoms with Crippen LogP contribution in [0.5, 0.6) is 0 Å². The Kier molecular flexibility index (Phi) is 27.1. The van der Waals surface area contributed by atoms with Gasteiger partial charge in [0.2, 0.25) is 0 Å². The largest absolute Gasteiger partial charge is 0.466 e. The van der Waals surface area contributed by atoms with Gasteiger partial charge in [-0.3, -0.25) is 4.79 Å². The molecule has 1 atom stereocenters. The van der Waals surface area contributed by atoms with E-state index >= 15 is 0 Å². The number of epoxide rings is 1. The number of unbranched alkanes of at least 4 members (excludes halogenated alkanes) is 15. The standard InChI is InChI=1S/C36H69NO4/c1-3-5-7-16-23-34(24-17-8-6-4-2)25-22-32-40-36(39)26-18-12-11-14-20-29-37(30-27-35-33-41-35)28-19-13-9-10-15-21-31-38/h31,34-35H,3-30,32-33H2,1-2H3. The molecule has 1 aliphatic rings. The van der Waals surface area contributed by atoms with Crippen LogP contribution in [-0.2, 0) is 19.1 Å². The molecule has 242 valence electrons. The van der Waals surface area contributed by atoms with E-state index in [1.54, 1.807) is 0 Å². The Balaban J connectivity index is 2.06. The van der Waals surface area contributed by atoms with Crippen LogP contribution in [0.4, 0.5) is 0 Å². The average Bonchev–Trinajstić information content (AvgIpc) is 3.81. The molecular weight excluding hydrogens is 510 g/mol. The van der Waals surface area contributed by atoms with Gasteiger partial charge in [0.1, 0.15) is 6.29 Å². The summed E-state index contributed by atoms with van der Waals surface area (Å²) in [5.74, 6) is 0.826. The van der Waals surface area contributed by atoms with Crippen molar-refractivity contribution >= 4 is 12.3 Å². The predicted molar refractivity (Wildman–Crippen MR) is 173 cm³/mol. The van der Waals surface area contributed by atoms with Gasteiger partial charge >= 0.3 is 5.97 Å². The summed E-state index contributed by atoms with van der Waals surface area (Å²) in [4.78, 5) is 25.3. The molecule has 0 radical (unpaired) electrons. The Bertz CT molecular complexity index is 568. The first-order chi connectivity index (χ1) is 20.2. The molecule has 0 amide bonds. The van der Waals surface area contributed by atoms with Gasteiger partial charge in [0.25, 0.3) is 0 Å². The lowest BCUT2D eigenvalue weighted by Gasteiger charge is -2.22. The monoisotopic (exact) mass is 580 g/mol. The first-order valence-corrected chi connectivity index (χ1v) is 18.1. The molecular formula is C36H69NO4. The molecule has 0 aromatic carbocycles. The van der Waals surface area contributed by atoms with Crippen LogP contribution < -0.4 is 0 Å². The second-order valence-electron chi connectivity index (χ2n) is 12.8. The van der Waals surface area contributed by atoms with Gasteiger partial charge in [0, 0.05) is 19.4 Å². The maximum Gasteiger partial charge on any atom is 0.305 e. The second kappa shape index (κ2) is 29.1. The van der Waals surface area contributed by atoms with Gasteiger partial charge in [-0.25, -0.2) is 0 Å². The molecule has 0 aromatic rings. The molecule has 1 aliphatic heterocycles. The number of carbonyl (C=O) groups is 2. The van der Waals surface area contributed by atoms with Crippen molar-refractivity contribution in [2.24, 2.45) is 5.92 Å². The van der Waals surface area contributed by atoms with Gasteiger partial charge in [-0.05, 0) is 64.0 Å². The van der Waals surface area contributed by atoms with Gasteiger partial charge in [-0.1, -0.05) is 117 Å². The number of aldehydes is 1. The summed E-state index contributed by atoms with van der Waals surface area (Å²) in [5.41, 5.74) is 0. The molecule has 0 spiro atoms. The molecule has 41 heavy (non-hydrogen) atoms. The number of nitrogens with zero attached hydrogens (tertiary/aromatic N) is 1. The number of ether oxygens (including phenoxy) is 2. The molecule has 1 heterocycles. The molecule has 5 heteroatoms. The molecule has 0 saturated carbocycles. The number of carbonyl (C=O) groups excluding carboxylic acids is 2. The van der Waals surface area contributed by atoms with E-state index in [1.807, 2.05) is 0 Å². The van der Waals surface area contributed by atoms with Gasteiger partial charge in [0.15, 0.2) is 0 Å². The van der Waals surface area contributed by atoms with Crippen molar-refractivity contribution in [3.63, 3.8) is 0 Å². The Morgan fingerprint density at radius 3 is 1.85 bits per heavy atom. The molecule has 5 nitrogen and oxygen atoms in total. The van der Waals surface area contributed by atoms with Crippen LogP contribution in [0, 0.1) is 5.92 Å². The van der Waals surface area contributed by atoms with E-state index in [1.165, 1.54) is 135 Å². The first-order valence-electron chi connectivity index (χ1n) is 18.1. The van der Waals surface area contributed by atoms with E-state index < -0.39 is 0 Å². The number of hydrogen-bond acceptors (Lipinski definition) is 5. The summed E-state index contributed by atoms with van der Waals surface area (Å²) >= 11 is 0. The zero-order valence-corrected chi connectivity index (χ0v) is 27.5. The fourth-order valence-electron chi connectivity index (χ4n) is 5.91. The van der Waals surface area contributed by atoms with Crippen molar-refractivity contribution in [2.75, 3.05) is 32.8 Å². The zero-order chi connectivity index (χ0) is 29.6. The Morgan fingerprint density at radius 1 is 0.732 bits per heavy atom. The summed E-state index contributed by atoms with van der Waals surface area (Å²) in [6, 6.07) is 0. The van der Waals surface area contributed by atoms with Gasteiger partial charge < -0.3 is 19.2 Å². The highest BCUT2D eigenvalue weighted by atomic mass is 16.6. The van der Waals surface area contributed by atoms with Gasteiger partial charge in [-0.15, -0.1) is 0 Å². The van der Waals surface area contributed by atoms with E-state index in [4.69, 9.17) is 9.47 Å². The predicted octanol–water partition coefficient (Wildman–Crippen LogP) is 9.84. The molecule has 1 fully saturated rings. The fraction of sp³-hybridized carbons (Fsp3) is 0.944. The third kappa shape index (κ3) is 26.4. The topological polar surface area (TPSA) is 59.1 Å². The highest BCUT2D eigenvalue weighted by Gasteiger charge is 2.22. The summed E-state index contributed by atoms with van der Waals surface area (Å²) in [7, 11) is 0. The minimum Gasteiger partial charge on any atom is -0.466 e. The van der Waals surface area contributed by atoms with Crippen LogP contribution in [0.2, 0.25) is 0 Å². The second-order valence-corrected chi connectivity index (χ2v) is 12.8. The van der Waals surface area contributed by atoms with Gasteiger partial charge in [-0.2, -0.15) is 0 Å². The highest BCUT2D eigenvalue weighted by Crippen LogP contribution is 2.23. The summed E-state index contributed by atoms with van der Waals surface area (Å²) in [5, 5.41) is 0. The molecule has 0 aromatic heterocycles. The molecule has 0 aliphatic carbocycles.